The van der Waals surface area contributed by atoms with Gasteiger partial charge in [-0.3, -0.25) is 4.84 Å². The van der Waals surface area contributed by atoms with Gasteiger partial charge in [-0.15, -0.1) is 0 Å². The molecule has 0 saturated heterocycles. The molecule has 2 nitrogen and oxygen atoms in total. The Labute approximate surface area is 58.2 Å². The highest BCUT2D eigenvalue weighted by Gasteiger charge is 1.88. The molecule has 1 rings (SSSR count). The molecular weight excluding hydrogens is 138 g/mol. The normalized spacial score (nSPS) is 9.00. The van der Waals surface area contributed by atoms with E-state index < -0.39 is 0 Å². The molecule has 0 aliphatic rings. The molecule has 0 radical (unpaired) electrons. The predicted molar refractivity (Wildman–Crippen MR) is 37.6 cm³/mol. The van der Waals surface area contributed by atoms with Gasteiger partial charge in [0.1, 0.15) is 5.75 Å². The van der Waals surface area contributed by atoms with Gasteiger partial charge in [-0.2, -0.15) is 0 Å². The summed E-state index contributed by atoms with van der Waals surface area (Å²) in [5.41, 5.74) is 0.691. The lowest BCUT2D eigenvalue weighted by molar-refractivity contribution is 0.475. The zero-order valence-electron chi connectivity index (χ0n) is 4.63. The number of nitrogens with one attached hydrogen (secondary N) is 1. The minimum atomic E-state index is 0.209. The first-order valence-electron chi connectivity index (χ1n) is 2.48. The summed E-state index contributed by atoms with van der Waals surface area (Å²) in [6, 6.07) is 6.58. The van der Waals surface area contributed by atoms with E-state index in [0.29, 0.717) is 5.69 Å². The summed E-state index contributed by atoms with van der Waals surface area (Å²) >= 11 is 5.24. The molecule has 2 N–H and O–H groups in total. The molecule has 0 aliphatic heterocycles. The zero-order chi connectivity index (χ0) is 6.69. The summed E-state index contributed by atoms with van der Waals surface area (Å²) in [5, 5.41) is 8.85. The Hall–Kier alpha value is -0.890. The first-order chi connectivity index (χ1) is 4.33. The highest BCUT2D eigenvalue weighted by Crippen LogP contribution is 2.15. The first-order valence-corrected chi connectivity index (χ1v) is 2.86. The number of halogens is 1. The summed E-state index contributed by atoms with van der Waals surface area (Å²) in [6.07, 6.45) is 0. The third-order valence-electron chi connectivity index (χ3n) is 0.955. The third-order valence-corrected chi connectivity index (χ3v) is 1.17. The van der Waals surface area contributed by atoms with Crippen molar-refractivity contribution in [1.82, 2.24) is 0 Å². The molecule has 0 aromatic heterocycles. The molecule has 0 atom stereocenters. The Kier molecular flexibility index (Phi) is 1.80. The number of benzene rings is 1. The number of hydrogen-bond donors (Lipinski definition) is 2. The maximum Gasteiger partial charge on any atom is 0.117 e. The molecule has 0 heterocycles. The number of aromatic hydroxyl groups is 1. The Morgan fingerprint density at radius 2 is 2.22 bits per heavy atom. The topological polar surface area (TPSA) is 32.3 Å². The lowest BCUT2D eigenvalue weighted by Crippen LogP contribution is -1.76. The van der Waals surface area contributed by atoms with E-state index in [1.165, 1.54) is 6.07 Å². The predicted octanol–water partition coefficient (Wildman–Crippen LogP) is 1.96. The van der Waals surface area contributed by atoms with Crippen molar-refractivity contribution in [2.45, 2.75) is 0 Å². The molecule has 0 unspecified atom stereocenters. The van der Waals surface area contributed by atoms with Crippen LogP contribution >= 0.6 is 11.8 Å². The monoisotopic (exact) mass is 143 g/mol. The first kappa shape index (κ1) is 6.23. The minimum absolute atomic E-state index is 0.209. The van der Waals surface area contributed by atoms with Gasteiger partial charge in [0.25, 0.3) is 0 Å². The molecule has 1 aromatic rings. The summed E-state index contributed by atoms with van der Waals surface area (Å²) in [4.78, 5) is 2.38. The standard InChI is InChI=1S/C6H6ClNO/c7-8-5-2-1-3-6(9)4-5/h1-4,8-9H. The van der Waals surface area contributed by atoms with Crippen LogP contribution in [0.5, 0.6) is 5.75 Å². The van der Waals surface area contributed by atoms with Gasteiger partial charge in [-0.05, 0) is 12.1 Å². The summed E-state index contributed by atoms with van der Waals surface area (Å²) in [5.74, 6) is 0.209. The van der Waals surface area contributed by atoms with E-state index in [1.807, 2.05) is 0 Å². The van der Waals surface area contributed by atoms with Crippen LogP contribution in [0.1, 0.15) is 0 Å². The van der Waals surface area contributed by atoms with E-state index in [2.05, 4.69) is 4.84 Å². The van der Waals surface area contributed by atoms with E-state index in [0.717, 1.165) is 0 Å². The number of rotatable bonds is 1. The van der Waals surface area contributed by atoms with Gasteiger partial charge in [0.2, 0.25) is 0 Å². The van der Waals surface area contributed by atoms with Crippen molar-refractivity contribution < 1.29 is 5.11 Å². The van der Waals surface area contributed by atoms with Crippen molar-refractivity contribution in [1.29, 1.82) is 0 Å². The van der Waals surface area contributed by atoms with Crippen LogP contribution in [0.2, 0.25) is 0 Å². The second-order valence-corrected chi connectivity index (χ2v) is 1.83. The maximum absolute atomic E-state index is 8.85. The summed E-state index contributed by atoms with van der Waals surface area (Å²) in [7, 11) is 0. The largest absolute Gasteiger partial charge is 0.508 e. The number of anilines is 1. The Bertz CT molecular complexity index is 202. The molecule has 48 valence electrons. The second-order valence-electron chi connectivity index (χ2n) is 1.64. The lowest BCUT2D eigenvalue weighted by Gasteiger charge is -1.95. The van der Waals surface area contributed by atoms with Crippen molar-refractivity contribution in [3.05, 3.63) is 24.3 Å². The fourth-order valence-corrected chi connectivity index (χ4v) is 0.682. The van der Waals surface area contributed by atoms with Crippen LogP contribution in [0, 0.1) is 0 Å². The second kappa shape index (κ2) is 2.60. The van der Waals surface area contributed by atoms with Crippen molar-refractivity contribution in [3.63, 3.8) is 0 Å². The number of phenols is 1. The van der Waals surface area contributed by atoms with Crippen LogP contribution in [-0.2, 0) is 0 Å². The average molecular weight is 144 g/mol. The van der Waals surface area contributed by atoms with Crippen LogP contribution < -0.4 is 4.84 Å². The van der Waals surface area contributed by atoms with Crippen LogP contribution in [0.4, 0.5) is 5.69 Å². The smallest absolute Gasteiger partial charge is 0.117 e. The van der Waals surface area contributed by atoms with Gasteiger partial charge in [0.15, 0.2) is 0 Å². The molecular formula is C6H6ClNO. The van der Waals surface area contributed by atoms with E-state index >= 15 is 0 Å². The number of hydrogen-bond acceptors (Lipinski definition) is 2. The van der Waals surface area contributed by atoms with Crippen LogP contribution in [0.15, 0.2) is 24.3 Å². The number of phenolic OH excluding ortho intramolecular Hbond substituents is 1. The van der Waals surface area contributed by atoms with Crippen LogP contribution in [0.25, 0.3) is 0 Å². The lowest BCUT2D eigenvalue weighted by atomic mass is 10.3. The highest BCUT2D eigenvalue weighted by atomic mass is 35.5. The fourth-order valence-electron chi connectivity index (χ4n) is 0.565. The van der Waals surface area contributed by atoms with E-state index in [-0.39, 0.29) is 5.75 Å². The minimum Gasteiger partial charge on any atom is -0.508 e. The molecule has 0 amide bonds. The Morgan fingerprint density at radius 3 is 2.67 bits per heavy atom. The molecule has 0 bridgehead atoms. The fraction of sp³-hybridized carbons (Fsp3) is 0. The summed E-state index contributed by atoms with van der Waals surface area (Å²) in [6.45, 7) is 0. The highest BCUT2D eigenvalue weighted by molar-refractivity contribution is 6.23. The van der Waals surface area contributed by atoms with Gasteiger partial charge in [0.05, 0.1) is 5.69 Å². The third kappa shape index (κ3) is 1.50. The SMILES string of the molecule is Oc1cccc(NCl)c1. The molecule has 1 aromatic carbocycles. The molecule has 0 fully saturated rings. The molecule has 0 saturated carbocycles. The zero-order valence-corrected chi connectivity index (χ0v) is 5.39. The molecule has 3 heteroatoms. The van der Waals surface area contributed by atoms with Gasteiger partial charge in [-0.1, -0.05) is 6.07 Å². The van der Waals surface area contributed by atoms with Crippen molar-refractivity contribution in [3.8, 4) is 5.75 Å². The van der Waals surface area contributed by atoms with Crippen LogP contribution in [-0.4, -0.2) is 5.11 Å². The van der Waals surface area contributed by atoms with E-state index in [1.54, 1.807) is 18.2 Å². The van der Waals surface area contributed by atoms with Gasteiger partial charge >= 0.3 is 0 Å². The van der Waals surface area contributed by atoms with Gasteiger partial charge < -0.3 is 5.11 Å². The van der Waals surface area contributed by atoms with Gasteiger partial charge in [-0.25, -0.2) is 0 Å². The van der Waals surface area contributed by atoms with Gasteiger partial charge in [0, 0.05) is 17.8 Å². The Morgan fingerprint density at radius 1 is 1.44 bits per heavy atom. The van der Waals surface area contributed by atoms with E-state index in [4.69, 9.17) is 16.9 Å². The summed E-state index contributed by atoms with van der Waals surface area (Å²) < 4.78 is 0. The maximum atomic E-state index is 8.85. The van der Waals surface area contributed by atoms with Crippen molar-refractivity contribution in [2.24, 2.45) is 0 Å². The Balaban J connectivity index is 2.94. The van der Waals surface area contributed by atoms with Crippen LogP contribution in [0.3, 0.4) is 0 Å². The average Bonchev–Trinajstić information content (AvgIpc) is 1.88. The van der Waals surface area contributed by atoms with E-state index in [9.17, 15) is 0 Å². The molecule has 0 aliphatic carbocycles. The quantitative estimate of drug-likeness (QED) is 0.589. The molecule has 9 heavy (non-hydrogen) atoms. The molecule has 0 spiro atoms. The van der Waals surface area contributed by atoms with Crippen molar-refractivity contribution in [2.75, 3.05) is 4.84 Å². The van der Waals surface area contributed by atoms with Crippen molar-refractivity contribution >= 4 is 17.5 Å².